The summed E-state index contributed by atoms with van der Waals surface area (Å²) in [5.41, 5.74) is 0. The number of esters is 1. The van der Waals surface area contributed by atoms with E-state index in [0.717, 1.165) is 19.3 Å². The topological polar surface area (TPSA) is 60.4 Å². The summed E-state index contributed by atoms with van der Waals surface area (Å²) in [6.07, 6.45) is 4.11. The molecule has 2 bridgehead atoms. The summed E-state index contributed by atoms with van der Waals surface area (Å²) in [4.78, 5) is 11.7. The van der Waals surface area contributed by atoms with Gasteiger partial charge >= 0.3 is 11.2 Å². The summed E-state index contributed by atoms with van der Waals surface area (Å²) < 4.78 is 52.2. The van der Waals surface area contributed by atoms with Crippen LogP contribution in [-0.4, -0.2) is 32.5 Å². The average Bonchev–Trinajstić information content (AvgIpc) is 2.85. The van der Waals surface area contributed by atoms with Crippen LogP contribution in [0, 0.1) is 17.8 Å². The third-order valence-electron chi connectivity index (χ3n) is 3.97. The smallest absolute Gasteiger partial charge is 0.378 e. The summed E-state index contributed by atoms with van der Waals surface area (Å²) in [5.74, 6) is -0.262. The zero-order valence-electron chi connectivity index (χ0n) is 10.1. The number of hydrogen-bond donors (Lipinski definition) is 0. The highest BCUT2D eigenvalue weighted by Gasteiger charge is 2.47. The van der Waals surface area contributed by atoms with Gasteiger partial charge in [-0.05, 0) is 31.1 Å². The number of ether oxygens (including phenoxy) is 1. The molecule has 0 spiro atoms. The first-order valence-corrected chi connectivity index (χ1v) is 7.84. The van der Waals surface area contributed by atoms with Gasteiger partial charge in [-0.2, -0.15) is 8.78 Å². The van der Waals surface area contributed by atoms with Gasteiger partial charge in [0.2, 0.25) is 9.84 Å². The fourth-order valence-electron chi connectivity index (χ4n) is 2.90. The lowest BCUT2D eigenvalue weighted by molar-refractivity contribution is -0.156. The number of hydrogen-bond acceptors (Lipinski definition) is 4. The van der Waals surface area contributed by atoms with Crippen LogP contribution in [-0.2, 0) is 19.4 Å². The molecule has 18 heavy (non-hydrogen) atoms. The summed E-state index contributed by atoms with van der Waals surface area (Å²) >= 11 is 0. The van der Waals surface area contributed by atoms with Crippen molar-refractivity contribution in [3.8, 4) is 0 Å². The lowest BCUT2D eigenvalue weighted by Gasteiger charge is -2.21. The molecule has 104 valence electrons. The van der Waals surface area contributed by atoms with Crippen molar-refractivity contribution in [3.63, 3.8) is 0 Å². The van der Waals surface area contributed by atoms with Gasteiger partial charge < -0.3 is 4.74 Å². The van der Waals surface area contributed by atoms with Crippen LogP contribution >= 0.6 is 0 Å². The molecule has 2 aliphatic carbocycles. The Morgan fingerprint density at radius 3 is 2.44 bits per heavy atom. The van der Waals surface area contributed by atoms with Gasteiger partial charge in [0.25, 0.3) is 0 Å². The highest BCUT2D eigenvalue weighted by Crippen LogP contribution is 2.48. The maximum absolute atomic E-state index is 13.1. The molecule has 0 radical (unpaired) electrons. The third kappa shape index (κ3) is 2.50. The number of halogens is 2. The summed E-state index contributed by atoms with van der Waals surface area (Å²) in [6.45, 7) is -1.38. The monoisotopic (exact) mass is 282 g/mol. The Kier molecular flexibility index (Phi) is 3.38. The molecule has 2 aliphatic rings. The van der Waals surface area contributed by atoms with Gasteiger partial charge in [0, 0.05) is 6.26 Å². The molecule has 0 heterocycles. The number of carbonyl (C=O) groups excluding carboxylic acids is 1. The molecule has 0 N–H and O–H groups in total. The zero-order valence-corrected chi connectivity index (χ0v) is 10.9. The third-order valence-corrected chi connectivity index (χ3v) is 5.17. The number of rotatable bonds is 4. The molecule has 3 atom stereocenters. The minimum absolute atomic E-state index is 0.231. The van der Waals surface area contributed by atoms with Gasteiger partial charge in [0.05, 0.1) is 5.92 Å². The van der Waals surface area contributed by atoms with Gasteiger partial charge in [0.15, 0.2) is 6.61 Å². The molecule has 0 aromatic carbocycles. The molecule has 0 aromatic rings. The van der Waals surface area contributed by atoms with Gasteiger partial charge in [-0.1, -0.05) is 6.42 Å². The van der Waals surface area contributed by atoms with Gasteiger partial charge in [-0.25, -0.2) is 8.42 Å². The van der Waals surface area contributed by atoms with Crippen LogP contribution in [0.15, 0.2) is 0 Å². The molecule has 0 aliphatic heterocycles. The second-order valence-corrected chi connectivity index (χ2v) is 7.44. The van der Waals surface area contributed by atoms with E-state index in [4.69, 9.17) is 0 Å². The second kappa shape index (κ2) is 4.43. The van der Waals surface area contributed by atoms with E-state index in [1.165, 1.54) is 0 Å². The quantitative estimate of drug-likeness (QED) is 0.735. The zero-order chi connectivity index (χ0) is 13.6. The van der Waals surface area contributed by atoms with Crippen molar-refractivity contribution in [2.45, 2.75) is 30.9 Å². The predicted molar refractivity (Wildman–Crippen MR) is 59.7 cm³/mol. The van der Waals surface area contributed by atoms with E-state index in [1.807, 2.05) is 0 Å². The van der Waals surface area contributed by atoms with Crippen molar-refractivity contribution in [2.24, 2.45) is 17.8 Å². The molecule has 0 amide bonds. The van der Waals surface area contributed by atoms with Crippen molar-refractivity contribution >= 4 is 15.8 Å². The van der Waals surface area contributed by atoms with E-state index in [2.05, 4.69) is 4.74 Å². The highest BCUT2D eigenvalue weighted by molar-refractivity contribution is 7.91. The number of fused-ring (bicyclic) bond motifs is 2. The number of carbonyl (C=O) groups is 1. The lowest BCUT2D eigenvalue weighted by Crippen LogP contribution is -2.36. The Morgan fingerprint density at radius 2 is 2.00 bits per heavy atom. The Bertz CT molecular complexity index is 446. The van der Waals surface area contributed by atoms with Crippen molar-refractivity contribution < 1.29 is 26.7 Å². The minimum Gasteiger partial charge on any atom is -0.458 e. The fraction of sp³-hybridized carbons (Fsp3) is 0.909. The predicted octanol–water partition coefficient (Wildman–Crippen LogP) is 1.60. The van der Waals surface area contributed by atoms with Crippen LogP contribution in [0.4, 0.5) is 8.78 Å². The second-order valence-electron chi connectivity index (χ2n) is 5.30. The Balaban J connectivity index is 1.90. The van der Waals surface area contributed by atoms with E-state index < -0.39 is 27.7 Å². The van der Waals surface area contributed by atoms with E-state index in [1.54, 1.807) is 0 Å². The maximum atomic E-state index is 13.1. The Labute approximate surface area is 105 Å². The summed E-state index contributed by atoms with van der Waals surface area (Å²) in [7, 11) is -4.54. The van der Waals surface area contributed by atoms with Gasteiger partial charge in [0.1, 0.15) is 0 Å². The van der Waals surface area contributed by atoms with E-state index in [0.29, 0.717) is 18.6 Å². The molecule has 7 heteroatoms. The maximum Gasteiger partial charge on any atom is 0.378 e. The average molecular weight is 282 g/mol. The first-order valence-electron chi connectivity index (χ1n) is 5.95. The number of sulfone groups is 1. The van der Waals surface area contributed by atoms with Crippen LogP contribution in [0.3, 0.4) is 0 Å². The van der Waals surface area contributed by atoms with Crippen LogP contribution in [0.2, 0.25) is 0 Å². The summed E-state index contributed by atoms with van der Waals surface area (Å²) in [6, 6.07) is 0. The van der Waals surface area contributed by atoms with Gasteiger partial charge in [-0.3, -0.25) is 4.79 Å². The van der Waals surface area contributed by atoms with Crippen molar-refractivity contribution in [2.75, 3.05) is 12.9 Å². The molecule has 0 saturated heterocycles. The molecule has 4 nitrogen and oxygen atoms in total. The first-order chi connectivity index (χ1) is 8.21. The Morgan fingerprint density at radius 1 is 1.33 bits per heavy atom. The fourth-order valence-corrected chi connectivity index (χ4v) is 3.18. The van der Waals surface area contributed by atoms with Crippen molar-refractivity contribution in [1.29, 1.82) is 0 Å². The standard InChI is InChI=1S/C11H16F2O4S/c1-18(15,16)11(12,13)6-17-10(14)9-5-7-2-3-8(9)4-7/h7-9H,2-6H2,1H3. The normalized spacial score (nSPS) is 31.6. The largest absolute Gasteiger partial charge is 0.458 e. The summed E-state index contributed by atoms with van der Waals surface area (Å²) in [5, 5.41) is -4.00. The van der Waals surface area contributed by atoms with Crippen molar-refractivity contribution in [3.05, 3.63) is 0 Å². The molecule has 2 saturated carbocycles. The molecular formula is C11H16F2O4S. The van der Waals surface area contributed by atoms with Crippen molar-refractivity contribution in [1.82, 2.24) is 0 Å². The van der Waals surface area contributed by atoms with E-state index >= 15 is 0 Å². The highest BCUT2D eigenvalue weighted by atomic mass is 32.2. The minimum atomic E-state index is -4.54. The van der Waals surface area contributed by atoms with E-state index in [9.17, 15) is 22.0 Å². The molecule has 2 rings (SSSR count). The molecule has 0 aromatic heterocycles. The first kappa shape index (κ1) is 13.7. The molecule has 2 fully saturated rings. The molecular weight excluding hydrogens is 266 g/mol. The lowest BCUT2D eigenvalue weighted by atomic mass is 9.89. The SMILES string of the molecule is CS(=O)(=O)C(F)(F)COC(=O)C1CC2CCC1C2. The van der Waals surface area contributed by atoms with E-state index in [-0.39, 0.29) is 11.8 Å². The number of alkyl halides is 2. The molecule has 3 unspecified atom stereocenters. The van der Waals surface area contributed by atoms with Crippen LogP contribution < -0.4 is 0 Å². The van der Waals surface area contributed by atoms with Crippen LogP contribution in [0.25, 0.3) is 0 Å². The Hall–Kier alpha value is -0.720. The van der Waals surface area contributed by atoms with Crippen LogP contribution in [0.1, 0.15) is 25.7 Å². The van der Waals surface area contributed by atoms with Crippen LogP contribution in [0.5, 0.6) is 0 Å². The van der Waals surface area contributed by atoms with Gasteiger partial charge in [-0.15, -0.1) is 0 Å².